The molecule has 11 heavy (non-hydrogen) atoms. The predicted molar refractivity (Wildman–Crippen MR) is 41.7 cm³/mol. The fourth-order valence-electron chi connectivity index (χ4n) is 1.66. The minimum absolute atomic E-state index is 0.00694. The molecule has 1 aliphatic carbocycles. The fraction of sp³-hybridized carbons (Fsp3) is 0.778. The highest BCUT2D eigenvalue weighted by atomic mass is 16.1. The van der Waals surface area contributed by atoms with Crippen molar-refractivity contribution in [2.75, 3.05) is 0 Å². The van der Waals surface area contributed by atoms with Crippen molar-refractivity contribution in [3.8, 4) is 6.07 Å². The van der Waals surface area contributed by atoms with Gasteiger partial charge < -0.3 is 0 Å². The smallest absolute Gasteiger partial charge is 0.137 e. The summed E-state index contributed by atoms with van der Waals surface area (Å²) >= 11 is 0. The molecule has 1 saturated carbocycles. The first-order valence-electron chi connectivity index (χ1n) is 4.02. The van der Waals surface area contributed by atoms with Crippen LogP contribution in [-0.2, 0) is 4.79 Å². The number of nitrogens with zero attached hydrogens (tertiary/aromatic N) is 1. The lowest BCUT2D eigenvalue weighted by molar-refractivity contribution is -0.122. The summed E-state index contributed by atoms with van der Waals surface area (Å²) in [6, 6.07) is 2.19. The first-order chi connectivity index (χ1) is 5.08. The molecule has 0 heterocycles. The molecule has 0 saturated heterocycles. The van der Waals surface area contributed by atoms with Crippen molar-refractivity contribution in [1.29, 1.82) is 5.26 Å². The highest BCUT2D eigenvalue weighted by Crippen LogP contribution is 2.36. The van der Waals surface area contributed by atoms with Gasteiger partial charge in [0.1, 0.15) is 5.78 Å². The second kappa shape index (κ2) is 2.65. The van der Waals surface area contributed by atoms with E-state index in [0.717, 1.165) is 12.8 Å². The summed E-state index contributed by atoms with van der Waals surface area (Å²) in [6.07, 6.45) is 2.55. The zero-order chi connectivity index (χ0) is 8.48. The van der Waals surface area contributed by atoms with Gasteiger partial charge in [-0.3, -0.25) is 4.79 Å². The van der Waals surface area contributed by atoms with E-state index < -0.39 is 5.41 Å². The molecule has 60 valence electrons. The fourth-order valence-corrected chi connectivity index (χ4v) is 1.66. The van der Waals surface area contributed by atoms with Gasteiger partial charge in [-0.2, -0.15) is 5.26 Å². The molecule has 2 heteroatoms. The first kappa shape index (κ1) is 8.26. The van der Waals surface area contributed by atoms with Gasteiger partial charge in [-0.1, -0.05) is 0 Å². The molecule has 0 aliphatic heterocycles. The van der Waals surface area contributed by atoms with E-state index >= 15 is 0 Å². The standard InChI is InChI=1S/C9H13NO/c1-9(2,6-10)7-4-3-5-8(7)11/h7H,3-5H2,1-2H3. The van der Waals surface area contributed by atoms with Gasteiger partial charge in [0, 0.05) is 12.3 Å². The van der Waals surface area contributed by atoms with Crippen LogP contribution < -0.4 is 0 Å². The van der Waals surface area contributed by atoms with Crippen LogP contribution in [-0.4, -0.2) is 5.78 Å². The molecule has 2 nitrogen and oxygen atoms in total. The number of hydrogen-bond acceptors (Lipinski definition) is 2. The Morgan fingerprint density at radius 1 is 1.64 bits per heavy atom. The Hall–Kier alpha value is -0.840. The molecule has 1 unspecified atom stereocenters. The third-order valence-corrected chi connectivity index (χ3v) is 2.46. The minimum Gasteiger partial charge on any atom is -0.299 e. The second-order valence-electron chi connectivity index (χ2n) is 3.74. The Morgan fingerprint density at radius 3 is 2.64 bits per heavy atom. The summed E-state index contributed by atoms with van der Waals surface area (Å²) in [6.45, 7) is 3.70. The number of rotatable bonds is 1. The van der Waals surface area contributed by atoms with Crippen LogP contribution in [0.15, 0.2) is 0 Å². The van der Waals surface area contributed by atoms with Crippen LogP contribution in [0.25, 0.3) is 0 Å². The molecule has 0 N–H and O–H groups in total. The molecule has 0 bridgehead atoms. The van der Waals surface area contributed by atoms with Crippen molar-refractivity contribution in [3.63, 3.8) is 0 Å². The quantitative estimate of drug-likeness (QED) is 0.574. The lowest BCUT2D eigenvalue weighted by Crippen LogP contribution is -2.25. The highest BCUT2D eigenvalue weighted by molar-refractivity contribution is 5.83. The summed E-state index contributed by atoms with van der Waals surface area (Å²) in [5.74, 6) is 0.268. The molecule has 0 radical (unpaired) electrons. The van der Waals surface area contributed by atoms with Crippen LogP contribution in [0.1, 0.15) is 33.1 Å². The van der Waals surface area contributed by atoms with Crippen molar-refractivity contribution >= 4 is 5.78 Å². The second-order valence-corrected chi connectivity index (χ2v) is 3.74. The molecular formula is C9H13NO. The summed E-state index contributed by atoms with van der Waals surface area (Å²) in [5, 5.41) is 8.77. The first-order valence-corrected chi connectivity index (χ1v) is 4.02. The topological polar surface area (TPSA) is 40.9 Å². The predicted octanol–water partition coefficient (Wildman–Crippen LogP) is 1.91. The minimum atomic E-state index is -0.451. The van der Waals surface area contributed by atoms with Crippen molar-refractivity contribution in [2.45, 2.75) is 33.1 Å². The summed E-state index contributed by atoms with van der Waals surface area (Å²) in [7, 11) is 0. The number of ketones is 1. The largest absolute Gasteiger partial charge is 0.299 e. The zero-order valence-corrected chi connectivity index (χ0v) is 7.05. The van der Waals surface area contributed by atoms with Gasteiger partial charge in [-0.05, 0) is 26.7 Å². The number of Topliss-reactive ketones (excluding diaryl/α,β-unsaturated/α-hetero) is 1. The molecule has 0 aromatic heterocycles. The van der Waals surface area contributed by atoms with E-state index in [0.29, 0.717) is 6.42 Å². The van der Waals surface area contributed by atoms with Gasteiger partial charge in [0.15, 0.2) is 0 Å². The van der Waals surface area contributed by atoms with E-state index in [2.05, 4.69) is 6.07 Å². The maximum absolute atomic E-state index is 11.2. The van der Waals surface area contributed by atoms with Gasteiger partial charge >= 0.3 is 0 Å². The summed E-state index contributed by atoms with van der Waals surface area (Å²) in [5.41, 5.74) is -0.451. The molecule has 1 aliphatic rings. The Bertz CT molecular complexity index is 212. The van der Waals surface area contributed by atoms with Crippen molar-refractivity contribution < 1.29 is 4.79 Å². The maximum atomic E-state index is 11.2. The van der Waals surface area contributed by atoms with E-state index in [9.17, 15) is 4.79 Å². The van der Waals surface area contributed by atoms with Crippen LogP contribution in [0.2, 0.25) is 0 Å². The van der Waals surface area contributed by atoms with Crippen molar-refractivity contribution in [2.24, 2.45) is 11.3 Å². The number of carbonyl (C=O) groups is 1. The van der Waals surface area contributed by atoms with Crippen molar-refractivity contribution in [3.05, 3.63) is 0 Å². The van der Waals surface area contributed by atoms with E-state index in [1.165, 1.54) is 0 Å². The van der Waals surface area contributed by atoms with E-state index in [1.54, 1.807) is 0 Å². The lowest BCUT2D eigenvalue weighted by atomic mass is 9.79. The maximum Gasteiger partial charge on any atom is 0.137 e. The molecule has 0 spiro atoms. The zero-order valence-electron chi connectivity index (χ0n) is 7.05. The van der Waals surface area contributed by atoms with Crippen LogP contribution in [0, 0.1) is 22.7 Å². The Labute approximate surface area is 67.2 Å². The average Bonchev–Trinajstić information content (AvgIpc) is 2.36. The number of hydrogen-bond donors (Lipinski definition) is 0. The normalized spacial score (nSPS) is 25.2. The van der Waals surface area contributed by atoms with Gasteiger partial charge in [0.05, 0.1) is 11.5 Å². The van der Waals surface area contributed by atoms with Gasteiger partial charge in [-0.25, -0.2) is 0 Å². The van der Waals surface area contributed by atoms with Crippen LogP contribution in [0.4, 0.5) is 0 Å². The van der Waals surface area contributed by atoms with Gasteiger partial charge in [0.2, 0.25) is 0 Å². The van der Waals surface area contributed by atoms with E-state index in [-0.39, 0.29) is 11.7 Å². The third kappa shape index (κ3) is 1.42. The molecular weight excluding hydrogens is 138 g/mol. The number of carbonyl (C=O) groups excluding carboxylic acids is 1. The molecule has 1 fully saturated rings. The van der Waals surface area contributed by atoms with Gasteiger partial charge in [-0.15, -0.1) is 0 Å². The molecule has 0 amide bonds. The Morgan fingerprint density at radius 2 is 2.27 bits per heavy atom. The molecule has 0 aromatic rings. The average molecular weight is 151 g/mol. The van der Waals surface area contributed by atoms with Gasteiger partial charge in [0.25, 0.3) is 0 Å². The van der Waals surface area contributed by atoms with Crippen LogP contribution in [0.3, 0.4) is 0 Å². The van der Waals surface area contributed by atoms with Crippen LogP contribution in [0.5, 0.6) is 0 Å². The third-order valence-electron chi connectivity index (χ3n) is 2.46. The summed E-state index contributed by atoms with van der Waals surface area (Å²) in [4.78, 5) is 11.2. The molecule has 1 atom stereocenters. The van der Waals surface area contributed by atoms with Crippen molar-refractivity contribution in [1.82, 2.24) is 0 Å². The van der Waals surface area contributed by atoms with Crippen LogP contribution >= 0.6 is 0 Å². The monoisotopic (exact) mass is 151 g/mol. The lowest BCUT2D eigenvalue weighted by Gasteiger charge is -2.21. The summed E-state index contributed by atoms with van der Waals surface area (Å²) < 4.78 is 0. The molecule has 1 rings (SSSR count). The Balaban J connectivity index is 2.76. The Kier molecular flexibility index (Phi) is 1.99. The highest BCUT2D eigenvalue weighted by Gasteiger charge is 2.37. The molecule has 0 aromatic carbocycles. The van der Waals surface area contributed by atoms with E-state index in [1.807, 2.05) is 13.8 Å². The number of nitriles is 1. The SMILES string of the molecule is CC(C)(C#N)C1CCCC1=O. The van der Waals surface area contributed by atoms with E-state index in [4.69, 9.17) is 5.26 Å².